The Hall–Kier alpha value is -2.89. The Morgan fingerprint density at radius 1 is 1.33 bits per heavy atom. The summed E-state index contributed by atoms with van der Waals surface area (Å²) >= 11 is 0. The number of rotatable bonds is 2. The average molecular weight is 331 g/mol. The topological polar surface area (TPSA) is 77.2 Å². The highest BCUT2D eigenvalue weighted by Gasteiger charge is 2.23. The van der Waals surface area contributed by atoms with Crippen molar-refractivity contribution in [2.75, 3.05) is 11.1 Å². The number of hydrogen-bond donors (Lipinski definition) is 2. The van der Waals surface area contributed by atoms with Crippen molar-refractivity contribution in [1.29, 1.82) is 0 Å². The first kappa shape index (κ1) is 19.2. The molecule has 0 radical (unpaired) electrons. The normalized spacial score (nSPS) is 11.1. The van der Waals surface area contributed by atoms with E-state index in [0.29, 0.717) is 22.8 Å². The van der Waals surface area contributed by atoms with Gasteiger partial charge >= 0.3 is 0 Å². The summed E-state index contributed by atoms with van der Waals surface area (Å²) in [5.74, 6) is 0.214. The molecule has 0 aliphatic carbocycles. The van der Waals surface area contributed by atoms with Crippen molar-refractivity contribution < 1.29 is 13.9 Å². The fraction of sp³-hybridized carbons (Fsp3) is 0.222. The van der Waals surface area contributed by atoms with Crippen molar-refractivity contribution in [3.63, 3.8) is 0 Å². The molecule has 1 aromatic heterocycles. The van der Waals surface area contributed by atoms with Gasteiger partial charge in [0.1, 0.15) is 11.6 Å². The van der Waals surface area contributed by atoms with Crippen LogP contribution in [0.1, 0.15) is 26.3 Å². The first-order valence-electron chi connectivity index (χ1n) is 7.62. The Morgan fingerprint density at radius 2 is 2.00 bits per heavy atom. The van der Waals surface area contributed by atoms with Crippen LogP contribution in [0.4, 0.5) is 15.9 Å². The van der Waals surface area contributed by atoms with E-state index >= 15 is 0 Å². The molecule has 2 aromatic rings. The minimum absolute atomic E-state index is 0.0574. The van der Waals surface area contributed by atoms with Crippen LogP contribution in [0.15, 0.2) is 43.1 Å². The second-order valence-electron chi connectivity index (χ2n) is 4.56. The van der Waals surface area contributed by atoms with Crippen molar-refractivity contribution in [2.24, 2.45) is 0 Å². The second kappa shape index (κ2) is 9.29. The van der Waals surface area contributed by atoms with Gasteiger partial charge in [-0.2, -0.15) is 0 Å². The molecular weight excluding hydrogens is 309 g/mol. The van der Waals surface area contributed by atoms with Gasteiger partial charge in [0.2, 0.25) is 5.91 Å². The molecule has 0 fully saturated rings. The van der Waals surface area contributed by atoms with Crippen LogP contribution in [0.5, 0.6) is 11.5 Å². The van der Waals surface area contributed by atoms with Crippen LogP contribution in [0.25, 0.3) is 0 Å². The number of nitrogen functional groups attached to an aromatic ring is 1. The van der Waals surface area contributed by atoms with Crippen LogP contribution in [-0.4, -0.2) is 10.9 Å². The summed E-state index contributed by atoms with van der Waals surface area (Å²) in [6, 6.07) is 5.76. The Bertz CT molecular complexity index is 717. The van der Waals surface area contributed by atoms with Crippen molar-refractivity contribution in [3.8, 4) is 11.5 Å². The number of carbonyl (C=O) groups excluding carboxylic acids is 1. The van der Waals surface area contributed by atoms with Gasteiger partial charge in [-0.05, 0) is 25.1 Å². The van der Waals surface area contributed by atoms with Gasteiger partial charge in [-0.1, -0.05) is 19.9 Å². The van der Waals surface area contributed by atoms with E-state index in [1.54, 1.807) is 18.2 Å². The monoisotopic (exact) mass is 331 g/mol. The largest absolute Gasteiger partial charge is 0.454 e. The van der Waals surface area contributed by atoms with Crippen LogP contribution in [0.3, 0.4) is 0 Å². The molecule has 3 N–H and O–H groups in total. The van der Waals surface area contributed by atoms with Gasteiger partial charge in [-0.25, -0.2) is 9.37 Å². The van der Waals surface area contributed by atoms with Crippen molar-refractivity contribution >= 4 is 17.4 Å². The van der Waals surface area contributed by atoms with Gasteiger partial charge in [0, 0.05) is 23.5 Å². The minimum Gasteiger partial charge on any atom is -0.454 e. The molecule has 0 atom stereocenters. The number of amides is 1. The van der Waals surface area contributed by atoms with E-state index in [2.05, 4.69) is 16.9 Å². The molecule has 1 amide bonds. The van der Waals surface area contributed by atoms with E-state index in [0.717, 1.165) is 0 Å². The number of anilines is 2. The molecular formula is C18H22FN3O2. The molecule has 3 rings (SSSR count). The lowest BCUT2D eigenvalue weighted by Crippen LogP contribution is -2.04. The minimum atomic E-state index is -0.553. The lowest BCUT2D eigenvalue weighted by atomic mass is 10.2. The summed E-state index contributed by atoms with van der Waals surface area (Å²) in [5.41, 5.74) is 6.42. The van der Waals surface area contributed by atoms with Gasteiger partial charge in [-0.3, -0.25) is 4.79 Å². The maximum atomic E-state index is 13.7. The zero-order chi connectivity index (χ0) is 18.1. The molecule has 1 aliphatic heterocycles. The highest BCUT2D eigenvalue weighted by molar-refractivity contribution is 5.98. The van der Waals surface area contributed by atoms with Crippen LogP contribution in [0.2, 0.25) is 0 Å². The summed E-state index contributed by atoms with van der Waals surface area (Å²) < 4.78 is 19.2. The van der Waals surface area contributed by atoms with E-state index < -0.39 is 5.82 Å². The average Bonchev–Trinajstić information content (AvgIpc) is 2.94. The fourth-order valence-electron chi connectivity index (χ4n) is 1.90. The molecule has 128 valence electrons. The molecule has 0 spiro atoms. The highest BCUT2D eigenvalue weighted by atomic mass is 19.1. The molecule has 24 heavy (non-hydrogen) atoms. The first-order valence-corrected chi connectivity index (χ1v) is 7.62. The van der Waals surface area contributed by atoms with Gasteiger partial charge in [0.05, 0.1) is 6.42 Å². The third-order valence-electron chi connectivity index (χ3n) is 2.78. The van der Waals surface area contributed by atoms with E-state index in [1.165, 1.54) is 18.3 Å². The van der Waals surface area contributed by atoms with Gasteiger partial charge in [-0.15, -0.1) is 6.58 Å². The Balaban J connectivity index is 0.000000521. The van der Waals surface area contributed by atoms with E-state index in [9.17, 15) is 9.18 Å². The standard InChI is InChI=1S/C13H10FN3O2.C3H6.C2H6/c14-9-5-7(15)1-2-11(9)19-10-3-4-16-13-8(10)6-12(18)17-13;1-3-2;1-2/h1-5H,6,15H2,(H,16,17,18);3H,1H2,2H3;1-2H3. The van der Waals surface area contributed by atoms with Crippen LogP contribution < -0.4 is 15.8 Å². The third-order valence-corrected chi connectivity index (χ3v) is 2.78. The van der Waals surface area contributed by atoms with E-state index in [-0.39, 0.29) is 18.1 Å². The van der Waals surface area contributed by atoms with Crippen LogP contribution in [0, 0.1) is 5.82 Å². The summed E-state index contributed by atoms with van der Waals surface area (Å²) in [5, 5.41) is 2.60. The van der Waals surface area contributed by atoms with Gasteiger partial charge in [0.15, 0.2) is 11.6 Å². The smallest absolute Gasteiger partial charge is 0.230 e. The Morgan fingerprint density at radius 3 is 2.62 bits per heavy atom. The predicted octanol–water partition coefficient (Wildman–Crippen LogP) is 4.31. The number of hydrogen-bond acceptors (Lipinski definition) is 4. The number of ether oxygens (including phenoxy) is 1. The number of carbonyl (C=O) groups is 1. The Kier molecular flexibility index (Phi) is 7.42. The van der Waals surface area contributed by atoms with Crippen molar-refractivity contribution in [2.45, 2.75) is 27.2 Å². The molecule has 1 aromatic carbocycles. The van der Waals surface area contributed by atoms with Crippen molar-refractivity contribution in [3.05, 3.63) is 54.5 Å². The van der Waals surface area contributed by atoms with Crippen LogP contribution >= 0.6 is 0 Å². The van der Waals surface area contributed by atoms with E-state index in [1.807, 2.05) is 20.8 Å². The number of benzene rings is 1. The lowest BCUT2D eigenvalue weighted by Gasteiger charge is -2.09. The number of nitrogens with one attached hydrogen (secondary N) is 1. The quantitative estimate of drug-likeness (QED) is 0.635. The SMILES string of the molecule is C=CC.CC.Nc1ccc(Oc2ccnc3c2CC(=O)N3)c(F)c1. The maximum absolute atomic E-state index is 13.7. The molecule has 5 nitrogen and oxygen atoms in total. The lowest BCUT2D eigenvalue weighted by molar-refractivity contribution is -0.115. The zero-order valence-corrected chi connectivity index (χ0v) is 14.1. The summed E-state index contributed by atoms with van der Waals surface area (Å²) in [6.45, 7) is 9.25. The first-order chi connectivity index (χ1) is 11.5. The maximum Gasteiger partial charge on any atom is 0.230 e. The van der Waals surface area contributed by atoms with Crippen molar-refractivity contribution in [1.82, 2.24) is 4.98 Å². The van der Waals surface area contributed by atoms with Gasteiger partial charge in [0.25, 0.3) is 0 Å². The molecule has 0 saturated carbocycles. The van der Waals surface area contributed by atoms with Crippen LogP contribution in [-0.2, 0) is 11.2 Å². The molecule has 2 heterocycles. The third kappa shape index (κ3) is 4.81. The number of fused-ring (bicyclic) bond motifs is 1. The molecule has 0 unspecified atom stereocenters. The number of nitrogens with two attached hydrogens (primary N) is 1. The Labute approximate surface area is 141 Å². The molecule has 0 bridgehead atoms. The number of pyridine rings is 1. The number of aromatic nitrogens is 1. The second-order valence-corrected chi connectivity index (χ2v) is 4.56. The number of allylic oxidation sites excluding steroid dienone is 1. The zero-order valence-electron chi connectivity index (χ0n) is 14.1. The van der Waals surface area contributed by atoms with Gasteiger partial charge < -0.3 is 15.8 Å². The molecule has 6 heteroatoms. The fourth-order valence-corrected chi connectivity index (χ4v) is 1.90. The summed E-state index contributed by atoms with van der Waals surface area (Å²) in [6.07, 6.45) is 3.42. The van der Waals surface area contributed by atoms with E-state index in [4.69, 9.17) is 10.5 Å². The molecule has 1 aliphatic rings. The predicted molar refractivity (Wildman–Crippen MR) is 94.7 cm³/mol. The molecule has 0 saturated heterocycles. The summed E-state index contributed by atoms with van der Waals surface area (Å²) in [4.78, 5) is 15.3. The summed E-state index contributed by atoms with van der Waals surface area (Å²) in [7, 11) is 0. The number of halogens is 1. The number of nitrogens with zero attached hydrogens (tertiary/aromatic N) is 1. The highest BCUT2D eigenvalue weighted by Crippen LogP contribution is 2.33.